The average Bonchev–Trinajstić information content (AvgIpc) is 3.42. The van der Waals surface area contributed by atoms with E-state index in [1.54, 1.807) is 11.3 Å². The van der Waals surface area contributed by atoms with E-state index in [1.807, 2.05) is 40.8 Å². The monoisotopic (exact) mass is 418 g/mol. The number of amides is 1. The molecule has 2 N–H and O–H groups in total. The first-order valence-corrected chi connectivity index (χ1v) is 10.9. The Balaban J connectivity index is 1.45. The van der Waals surface area contributed by atoms with Crippen LogP contribution in [0.15, 0.2) is 53.5 Å². The van der Waals surface area contributed by atoms with E-state index >= 15 is 0 Å². The Bertz CT molecular complexity index is 1200. The number of rotatable bonds is 5. The van der Waals surface area contributed by atoms with Crippen LogP contribution < -0.4 is 5.32 Å². The first kappa shape index (κ1) is 19.0. The van der Waals surface area contributed by atoms with E-state index in [1.165, 1.54) is 0 Å². The largest absolute Gasteiger partial charge is 0.391 e. The lowest BCUT2D eigenvalue weighted by molar-refractivity contribution is 0.0446. The van der Waals surface area contributed by atoms with Crippen LogP contribution in [0, 0.1) is 0 Å². The molecular formula is C23H22N4O2S. The van der Waals surface area contributed by atoms with Crippen molar-refractivity contribution in [3.63, 3.8) is 0 Å². The smallest absolute Gasteiger partial charge is 0.270 e. The number of thiazole rings is 1. The molecule has 1 aromatic carbocycles. The van der Waals surface area contributed by atoms with Gasteiger partial charge in [0.2, 0.25) is 0 Å². The standard InChI is InChI=1S/C23H22N4O2S/c1-27-9-8-18-22(27)16(11-19(25-18)23(29)26-17-6-7-21(17)28)10-14-2-4-15(5-3-14)20-12-30-13-24-20/h2-5,8-9,11-13,17,21,28H,6-7,10H2,1H3,(H,26,29)/t17-,21-/m0/s1. The number of hydrogen-bond donors (Lipinski definition) is 2. The molecule has 1 amide bonds. The number of carbonyl (C=O) groups excluding carboxylic acids is 1. The van der Waals surface area contributed by atoms with E-state index < -0.39 is 6.10 Å². The Hall–Kier alpha value is -3.03. The third kappa shape index (κ3) is 3.51. The van der Waals surface area contributed by atoms with E-state index in [2.05, 4.69) is 39.6 Å². The summed E-state index contributed by atoms with van der Waals surface area (Å²) >= 11 is 1.59. The zero-order valence-electron chi connectivity index (χ0n) is 16.6. The third-order valence-electron chi connectivity index (χ3n) is 5.77. The quantitative estimate of drug-likeness (QED) is 0.520. The summed E-state index contributed by atoms with van der Waals surface area (Å²) < 4.78 is 2.04. The first-order chi connectivity index (χ1) is 14.6. The van der Waals surface area contributed by atoms with Crippen molar-refractivity contribution in [2.45, 2.75) is 31.4 Å². The van der Waals surface area contributed by atoms with E-state index in [0.29, 0.717) is 12.1 Å². The van der Waals surface area contributed by atoms with Gasteiger partial charge in [0.15, 0.2) is 0 Å². The van der Waals surface area contributed by atoms with Gasteiger partial charge in [-0.15, -0.1) is 11.3 Å². The van der Waals surface area contributed by atoms with Crippen molar-refractivity contribution in [1.82, 2.24) is 19.9 Å². The number of pyridine rings is 1. The molecule has 7 heteroatoms. The fraction of sp³-hybridized carbons (Fsp3) is 0.261. The number of nitrogens with one attached hydrogen (secondary N) is 1. The zero-order valence-corrected chi connectivity index (χ0v) is 17.4. The normalized spacial score (nSPS) is 18.3. The van der Waals surface area contributed by atoms with Gasteiger partial charge in [0.1, 0.15) is 5.69 Å². The van der Waals surface area contributed by atoms with E-state index in [-0.39, 0.29) is 11.9 Å². The first-order valence-electron chi connectivity index (χ1n) is 10.00. The number of aliphatic hydroxyl groups is 1. The molecule has 3 heterocycles. The Kier molecular flexibility index (Phi) is 4.84. The topological polar surface area (TPSA) is 80.0 Å². The van der Waals surface area contributed by atoms with Gasteiger partial charge < -0.3 is 15.0 Å². The molecule has 2 atom stereocenters. The lowest BCUT2D eigenvalue weighted by atomic mass is 9.89. The minimum Gasteiger partial charge on any atom is -0.391 e. The van der Waals surface area contributed by atoms with Crippen LogP contribution in [-0.2, 0) is 13.5 Å². The van der Waals surface area contributed by atoms with Gasteiger partial charge in [-0.1, -0.05) is 24.3 Å². The molecule has 1 fully saturated rings. The van der Waals surface area contributed by atoms with Gasteiger partial charge in [0.05, 0.1) is 34.4 Å². The van der Waals surface area contributed by atoms with E-state index in [4.69, 9.17) is 0 Å². The fourth-order valence-electron chi connectivity index (χ4n) is 3.91. The third-order valence-corrected chi connectivity index (χ3v) is 6.36. The highest BCUT2D eigenvalue weighted by molar-refractivity contribution is 7.07. The van der Waals surface area contributed by atoms with Crippen LogP contribution in [0.25, 0.3) is 22.3 Å². The van der Waals surface area contributed by atoms with Crippen LogP contribution in [0.1, 0.15) is 34.5 Å². The number of hydrogen-bond acceptors (Lipinski definition) is 5. The number of benzene rings is 1. The Labute approximate surface area is 178 Å². The Morgan fingerprint density at radius 3 is 2.77 bits per heavy atom. The van der Waals surface area contributed by atoms with Gasteiger partial charge >= 0.3 is 0 Å². The second-order valence-corrected chi connectivity index (χ2v) is 8.52. The van der Waals surface area contributed by atoms with Crippen molar-refractivity contribution in [1.29, 1.82) is 0 Å². The molecule has 0 radical (unpaired) electrons. The highest BCUT2D eigenvalue weighted by Crippen LogP contribution is 2.25. The summed E-state index contributed by atoms with van der Waals surface area (Å²) in [6.07, 6.45) is 3.74. The minimum atomic E-state index is -0.454. The highest BCUT2D eigenvalue weighted by atomic mass is 32.1. The van der Waals surface area contributed by atoms with Crippen LogP contribution in [-0.4, -0.2) is 37.7 Å². The molecule has 1 aliphatic rings. The number of aromatic nitrogens is 3. The molecule has 3 aromatic heterocycles. The van der Waals surface area contributed by atoms with Crippen molar-refractivity contribution in [2.24, 2.45) is 7.05 Å². The van der Waals surface area contributed by atoms with Crippen molar-refractivity contribution >= 4 is 28.3 Å². The van der Waals surface area contributed by atoms with E-state index in [0.717, 1.165) is 46.3 Å². The molecule has 0 saturated heterocycles. The SMILES string of the molecule is Cn1ccc2nc(C(=O)N[C@H]3CC[C@@H]3O)cc(Cc3ccc(-c4cscn4)cc3)c21. The summed E-state index contributed by atoms with van der Waals surface area (Å²) in [7, 11) is 1.99. The maximum absolute atomic E-state index is 12.7. The summed E-state index contributed by atoms with van der Waals surface area (Å²) in [5, 5.41) is 14.7. The summed E-state index contributed by atoms with van der Waals surface area (Å²) in [5.41, 5.74) is 8.34. The Morgan fingerprint density at radius 1 is 1.27 bits per heavy atom. The molecule has 0 bridgehead atoms. The van der Waals surface area contributed by atoms with Crippen LogP contribution >= 0.6 is 11.3 Å². The predicted octanol–water partition coefficient (Wildman–Crippen LogP) is 3.54. The van der Waals surface area contributed by atoms with E-state index in [9.17, 15) is 9.90 Å². The average molecular weight is 419 g/mol. The minimum absolute atomic E-state index is 0.174. The van der Waals surface area contributed by atoms with Crippen molar-refractivity contribution in [3.8, 4) is 11.3 Å². The molecular weight excluding hydrogens is 396 g/mol. The van der Waals surface area contributed by atoms with Gasteiger partial charge in [0.25, 0.3) is 5.91 Å². The second-order valence-electron chi connectivity index (χ2n) is 7.80. The maximum atomic E-state index is 12.7. The molecule has 0 spiro atoms. The highest BCUT2D eigenvalue weighted by Gasteiger charge is 2.30. The number of aliphatic hydroxyl groups excluding tert-OH is 1. The zero-order chi connectivity index (χ0) is 20.7. The van der Waals surface area contributed by atoms with Gasteiger partial charge in [-0.05, 0) is 42.5 Å². The molecule has 1 aliphatic carbocycles. The fourth-order valence-corrected chi connectivity index (χ4v) is 4.47. The molecule has 5 rings (SSSR count). The molecule has 4 aromatic rings. The lowest BCUT2D eigenvalue weighted by Gasteiger charge is -2.32. The second kappa shape index (κ2) is 7.66. The summed E-state index contributed by atoms with van der Waals surface area (Å²) in [6, 6.07) is 12.0. The molecule has 0 unspecified atom stereocenters. The molecule has 30 heavy (non-hydrogen) atoms. The summed E-state index contributed by atoms with van der Waals surface area (Å²) in [4.78, 5) is 21.7. The van der Waals surface area contributed by atoms with Gasteiger partial charge in [-0.25, -0.2) is 9.97 Å². The molecule has 152 valence electrons. The van der Waals surface area contributed by atoms with Crippen molar-refractivity contribution in [3.05, 3.63) is 70.3 Å². The van der Waals surface area contributed by atoms with Crippen LogP contribution in [0.2, 0.25) is 0 Å². The van der Waals surface area contributed by atoms with Gasteiger partial charge in [-0.2, -0.15) is 0 Å². The van der Waals surface area contributed by atoms with Gasteiger partial charge in [0, 0.05) is 24.2 Å². The molecule has 1 saturated carbocycles. The number of fused-ring (bicyclic) bond motifs is 1. The predicted molar refractivity (Wildman–Crippen MR) is 118 cm³/mol. The van der Waals surface area contributed by atoms with Gasteiger partial charge in [-0.3, -0.25) is 4.79 Å². The molecule has 0 aliphatic heterocycles. The summed E-state index contributed by atoms with van der Waals surface area (Å²) in [5.74, 6) is -0.232. The van der Waals surface area contributed by atoms with Crippen LogP contribution in [0.5, 0.6) is 0 Å². The Morgan fingerprint density at radius 2 is 2.10 bits per heavy atom. The van der Waals surface area contributed by atoms with Crippen molar-refractivity contribution in [2.75, 3.05) is 0 Å². The summed E-state index contributed by atoms with van der Waals surface area (Å²) in [6.45, 7) is 0. The number of carbonyl (C=O) groups is 1. The number of aryl methyl sites for hydroxylation is 1. The molecule has 6 nitrogen and oxygen atoms in total. The number of nitrogens with zero attached hydrogens (tertiary/aromatic N) is 3. The van der Waals surface area contributed by atoms with Crippen LogP contribution in [0.4, 0.5) is 0 Å². The van der Waals surface area contributed by atoms with Crippen molar-refractivity contribution < 1.29 is 9.90 Å². The van der Waals surface area contributed by atoms with Crippen LogP contribution in [0.3, 0.4) is 0 Å². The lowest BCUT2D eigenvalue weighted by Crippen LogP contribution is -2.50. The maximum Gasteiger partial charge on any atom is 0.270 e.